The number of pyridine rings is 1. The van der Waals surface area contributed by atoms with E-state index in [4.69, 9.17) is 0 Å². The fourth-order valence-corrected chi connectivity index (χ4v) is 3.79. The van der Waals surface area contributed by atoms with Crippen LogP contribution >= 0.6 is 11.8 Å². The van der Waals surface area contributed by atoms with Crippen LogP contribution in [0.15, 0.2) is 42.5 Å². The Morgan fingerprint density at radius 2 is 2.00 bits per heavy atom. The van der Waals surface area contributed by atoms with E-state index in [0.29, 0.717) is 23.8 Å². The number of alkyl halides is 1. The van der Waals surface area contributed by atoms with Crippen LogP contribution in [-0.2, 0) is 0 Å². The first-order chi connectivity index (χ1) is 13.3. The van der Waals surface area contributed by atoms with Gasteiger partial charge in [-0.2, -0.15) is 16.8 Å². The molecule has 9 heteroatoms. The monoisotopic (exact) mass is 405 g/mol. The van der Waals surface area contributed by atoms with E-state index < -0.39 is 11.2 Å². The molecule has 0 aliphatic carbocycles. The highest BCUT2D eigenvalue weighted by Crippen LogP contribution is 2.37. The van der Waals surface area contributed by atoms with E-state index in [-0.39, 0.29) is 17.0 Å². The van der Waals surface area contributed by atoms with Crippen molar-refractivity contribution in [2.24, 2.45) is 0 Å². The molecule has 150 valence electrons. The maximum Gasteiger partial charge on any atom is 0.313 e. The number of halogens is 1. The Bertz CT molecular complexity index is 831. The molecule has 2 heterocycles. The number of para-hydroxylation sites is 1. The molecule has 0 bridgehead atoms. The van der Waals surface area contributed by atoms with Gasteiger partial charge in [0.2, 0.25) is 5.82 Å². The molecule has 0 amide bonds. The number of anilines is 3. The van der Waals surface area contributed by atoms with Crippen molar-refractivity contribution >= 4 is 34.8 Å². The van der Waals surface area contributed by atoms with Crippen molar-refractivity contribution in [3.63, 3.8) is 0 Å². The summed E-state index contributed by atoms with van der Waals surface area (Å²) in [5, 5.41) is 18.0. The third-order valence-corrected chi connectivity index (χ3v) is 5.04. The molecule has 1 aromatic carbocycles. The van der Waals surface area contributed by atoms with E-state index in [2.05, 4.69) is 10.3 Å². The van der Waals surface area contributed by atoms with Crippen molar-refractivity contribution in [1.82, 2.24) is 9.99 Å². The third-order valence-electron chi connectivity index (χ3n) is 4.06. The van der Waals surface area contributed by atoms with Crippen molar-refractivity contribution in [3.05, 3.63) is 52.6 Å². The number of aromatic nitrogens is 1. The summed E-state index contributed by atoms with van der Waals surface area (Å²) in [6.45, 7) is 6.36. The Morgan fingerprint density at radius 1 is 1.29 bits per heavy atom. The normalized spacial score (nSPS) is 17.9. The van der Waals surface area contributed by atoms with Gasteiger partial charge in [-0.1, -0.05) is 18.2 Å². The number of nitro groups is 1. The lowest BCUT2D eigenvalue weighted by molar-refractivity contribution is -0.384. The zero-order valence-corrected chi connectivity index (χ0v) is 16.9. The predicted molar refractivity (Wildman–Crippen MR) is 112 cm³/mol. The predicted octanol–water partition coefficient (Wildman–Crippen LogP) is 4.60. The van der Waals surface area contributed by atoms with Gasteiger partial charge in [-0.15, -0.1) is 0 Å². The van der Waals surface area contributed by atoms with Crippen LogP contribution in [0.1, 0.15) is 20.8 Å². The Kier molecular flexibility index (Phi) is 6.04. The lowest BCUT2D eigenvalue weighted by atomic mass is 10.1. The molecule has 1 aliphatic heterocycles. The van der Waals surface area contributed by atoms with Gasteiger partial charge in [0.05, 0.1) is 10.6 Å². The minimum absolute atomic E-state index is 0.0972. The van der Waals surface area contributed by atoms with E-state index in [1.54, 1.807) is 18.2 Å². The van der Waals surface area contributed by atoms with Gasteiger partial charge in [0.25, 0.3) is 0 Å². The Morgan fingerprint density at radius 3 is 2.61 bits per heavy atom. The fraction of sp³-hybridized carbons (Fsp3) is 0.421. The first-order valence-corrected chi connectivity index (χ1v) is 10.2. The topological polar surface area (TPSA) is 74.5 Å². The number of thioether (sulfide) groups is 1. The van der Waals surface area contributed by atoms with Gasteiger partial charge < -0.3 is 5.32 Å². The smallest absolute Gasteiger partial charge is 0.313 e. The molecule has 0 saturated carbocycles. The maximum atomic E-state index is 14.8. The molecule has 1 saturated heterocycles. The van der Waals surface area contributed by atoms with Crippen molar-refractivity contribution in [3.8, 4) is 0 Å². The molecule has 3 rings (SSSR count). The van der Waals surface area contributed by atoms with Gasteiger partial charge in [-0.05, 0) is 39.0 Å². The van der Waals surface area contributed by atoms with Crippen LogP contribution in [-0.4, -0.2) is 44.8 Å². The summed E-state index contributed by atoms with van der Waals surface area (Å²) in [7, 11) is 0. The van der Waals surface area contributed by atoms with E-state index in [9.17, 15) is 14.5 Å². The molecule has 1 unspecified atom stereocenters. The second-order valence-electron chi connectivity index (χ2n) is 7.49. The zero-order valence-electron chi connectivity index (χ0n) is 16.1. The quantitative estimate of drug-likeness (QED) is 0.443. The second-order valence-corrected chi connectivity index (χ2v) is 8.64. The Balaban J connectivity index is 2.14. The molecular formula is C19H24FN5O2S. The minimum atomic E-state index is -1.26. The zero-order chi connectivity index (χ0) is 20.3. The van der Waals surface area contributed by atoms with Gasteiger partial charge >= 0.3 is 5.69 Å². The lowest BCUT2D eigenvalue weighted by Crippen LogP contribution is -2.49. The molecule has 1 aliphatic rings. The first-order valence-electron chi connectivity index (χ1n) is 9.03. The molecule has 1 fully saturated rings. The molecule has 1 aromatic heterocycles. The SMILES string of the molecule is CC(C)(C)Nc1ccc([N+](=O)[O-])c(N(c2ccccc2)N2CCSCC2F)n1. The number of hydrazine groups is 1. The van der Waals surface area contributed by atoms with Crippen molar-refractivity contribution in [2.45, 2.75) is 32.6 Å². The average molecular weight is 405 g/mol. The number of hydrogen-bond acceptors (Lipinski definition) is 7. The number of rotatable bonds is 5. The van der Waals surface area contributed by atoms with Crippen LogP contribution in [0.5, 0.6) is 0 Å². The lowest BCUT2D eigenvalue weighted by Gasteiger charge is -2.39. The Labute approximate surface area is 168 Å². The van der Waals surface area contributed by atoms with E-state index in [1.165, 1.54) is 27.8 Å². The molecule has 0 spiro atoms. The average Bonchev–Trinajstić information content (AvgIpc) is 2.63. The number of nitrogens with one attached hydrogen (secondary N) is 1. The van der Waals surface area contributed by atoms with Crippen LogP contribution in [0.25, 0.3) is 0 Å². The summed E-state index contributed by atoms with van der Waals surface area (Å²) in [4.78, 5) is 15.8. The largest absolute Gasteiger partial charge is 0.365 e. The highest BCUT2D eigenvalue weighted by molar-refractivity contribution is 7.99. The van der Waals surface area contributed by atoms with E-state index >= 15 is 0 Å². The summed E-state index contributed by atoms with van der Waals surface area (Å²) < 4.78 is 14.8. The number of nitrogens with zero attached hydrogens (tertiary/aromatic N) is 4. The summed E-state index contributed by atoms with van der Waals surface area (Å²) in [6.07, 6.45) is -1.26. The molecule has 0 radical (unpaired) electrons. The summed E-state index contributed by atoms with van der Waals surface area (Å²) in [6, 6.07) is 12.1. The number of hydrogen-bond donors (Lipinski definition) is 1. The molecule has 1 atom stereocenters. The van der Waals surface area contributed by atoms with Crippen molar-refractivity contribution in [2.75, 3.05) is 28.4 Å². The first kappa shape index (κ1) is 20.3. The van der Waals surface area contributed by atoms with Gasteiger partial charge in [-0.25, -0.2) is 14.4 Å². The van der Waals surface area contributed by atoms with Crippen molar-refractivity contribution < 1.29 is 9.31 Å². The number of benzene rings is 1. The Hall–Kier alpha value is -2.39. The van der Waals surface area contributed by atoms with Crippen LogP contribution in [0, 0.1) is 10.1 Å². The van der Waals surface area contributed by atoms with Gasteiger partial charge in [-0.3, -0.25) is 10.1 Å². The van der Waals surface area contributed by atoms with Crippen LogP contribution in [0.2, 0.25) is 0 Å². The van der Waals surface area contributed by atoms with E-state index in [1.807, 2.05) is 39.0 Å². The summed E-state index contributed by atoms with van der Waals surface area (Å²) in [5.41, 5.74) is 0.178. The van der Waals surface area contributed by atoms with E-state index in [0.717, 1.165) is 5.75 Å². The molecule has 28 heavy (non-hydrogen) atoms. The summed E-state index contributed by atoms with van der Waals surface area (Å²) in [5.74, 6) is 1.63. The highest BCUT2D eigenvalue weighted by atomic mass is 32.2. The van der Waals surface area contributed by atoms with Crippen LogP contribution < -0.4 is 10.3 Å². The molecule has 1 N–H and O–H groups in total. The second kappa shape index (κ2) is 8.32. The summed E-state index contributed by atoms with van der Waals surface area (Å²) >= 11 is 1.53. The van der Waals surface area contributed by atoms with Crippen LogP contribution in [0.3, 0.4) is 0 Å². The molecular weight excluding hydrogens is 381 g/mol. The third kappa shape index (κ3) is 4.71. The maximum absolute atomic E-state index is 14.8. The molecule has 2 aromatic rings. The van der Waals surface area contributed by atoms with Gasteiger partial charge in [0.15, 0.2) is 6.30 Å². The standard InChI is InChI=1S/C19H24FN5O2S/c1-19(2,3)22-17-10-9-15(25(26)27)18(21-17)24(14-7-5-4-6-8-14)23-11-12-28-13-16(23)20/h4-10,16H,11-13H2,1-3H3,(H,21,22). The molecule has 7 nitrogen and oxygen atoms in total. The van der Waals surface area contributed by atoms with Gasteiger partial charge in [0, 0.05) is 29.7 Å². The minimum Gasteiger partial charge on any atom is -0.365 e. The van der Waals surface area contributed by atoms with Crippen LogP contribution in [0.4, 0.5) is 27.4 Å². The fourth-order valence-electron chi connectivity index (χ4n) is 2.94. The highest BCUT2D eigenvalue weighted by Gasteiger charge is 2.34. The van der Waals surface area contributed by atoms with Crippen molar-refractivity contribution in [1.29, 1.82) is 0 Å². The van der Waals surface area contributed by atoms with Gasteiger partial charge in [0.1, 0.15) is 5.82 Å².